The minimum atomic E-state index is 0.122. The molecule has 0 aromatic carbocycles. The van der Waals surface area contributed by atoms with Crippen molar-refractivity contribution in [3.63, 3.8) is 0 Å². The standard InChI is InChI=1S/C12H24N2OS/c1-10(2)8-15-6-5-14-12(9-13)4-7-16-11(12)3/h11,14H,1,4-9,13H2,2-3H3. The first-order valence-electron chi connectivity index (χ1n) is 5.89. The van der Waals surface area contributed by atoms with E-state index in [1.54, 1.807) is 0 Å². The van der Waals surface area contributed by atoms with Crippen LogP contribution in [0.5, 0.6) is 0 Å². The molecule has 0 spiro atoms. The third-order valence-electron chi connectivity index (χ3n) is 3.13. The summed E-state index contributed by atoms with van der Waals surface area (Å²) in [5.41, 5.74) is 7.08. The van der Waals surface area contributed by atoms with Gasteiger partial charge in [0.05, 0.1) is 13.2 Å². The van der Waals surface area contributed by atoms with Gasteiger partial charge in [-0.15, -0.1) is 0 Å². The Hall–Kier alpha value is -0.0300. The topological polar surface area (TPSA) is 47.3 Å². The maximum absolute atomic E-state index is 5.89. The van der Waals surface area contributed by atoms with Gasteiger partial charge in [0.25, 0.3) is 0 Å². The third-order valence-corrected chi connectivity index (χ3v) is 4.52. The van der Waals surface area contributed by atoms with E-state index in [1.807, 2.05) is 18.7 Å². The highest BCUT2D eigenvalue weighted by atomic mass is 32.2. The van der Waals surface area contributed by atoms with Crippen molar-refractivity contribution in [1.29, 1.82) is 0 Å². The normalized spacial score (nSPS) is 29.6. The summed E-state index contributed by atoms with van der Waals surface area (Å²) in [4.78, 5) is 0. The van der Waals surface area contributed by atoms with Crippen LogP contribution in [0.1, 0.15) is 20.3 Å². The van der Waals surface area contributed by atoms with E-state index in [1.165, 1.54) is 5.75 Å². The molecule has 4 heteroatoms. The summed E-state index contributed by atoms with van der Waals surface area (Å²) in [5, 5.41) is 4.16. The highest BCUT2D eigenvalue weighted by molar-refractivity contribution is 8.00. The van der Waals surface area contributed by atoms with Crippen molar-refractivity contribution in [1.82, 2.24) is 5.32 Å². The number of hydrogen-bond acceptors (Lipinski definition) is 4. The minimum absolute atomic E-state index is 0.122. The van der Waals surface area contributed by atoms with E-state index in [-0.39, 0.29) is 5.54 Å². The Morgan fingerprint density at radius 3 is 2.94 bits per heavy atom. The van der Waals surface area contributed by atoms with E-state index in [0.29, 0.717) is 18.4 Å². The van der Waals surface area contributed by atoms with Gasteiger partial charge in [0.15, 0.2) is 0 Å². The summed E-state index contributed by atoms with van der Waals surface area (Å²) in [6.07, 6.45) is 1.16. The van der Waals surface area contributed by atoms with Crippen LogP contribution in [-0.2, 0) is 4.74 Å². The first-order chi connectivity index (χ1) is 7.60. The van der Waals surface area contributed by atoms with Gasteiger partial charge in [0.2, 0.25) is 0 Å². The molecule has 2 unspecified atom stereocenters. The van der Waals surface area contributed by atoms with Gasteiger partial charge in [0.1, 0.15) is 0 Å². The molecule has 0 bridgehead atoms. The zero-order chi connectivity index (χ0) is 12.0. The number of thioether (sulfide) groups is 1. The maximum Gasteiger partial charge on any atom is 0.0672 e. The fourth-order valence-corrected chi connectivity index (χ4v) is 3.42. The summed E-state index contributed by atoms with van der Waals surface area (Å²) < 4.78 is 5.47. The van der Waals surface area contributed by atoms with Gasteiger partial charge in [-0.25, -0.2) is 0 Å². The molecular formula is C12H24N2OS. The minimum Gasteiger partial charge on any atom is -0.376 e. The second kappa shape index (κ2) is 6.64. The molecule has 0 aliphatic carbocycles. The van der Waals surface area contributed by atoms with E-state index in [9.17, 15) is 0 Å². The van der Waals surface area contributed by atoms with E-state index in [4.69, 9.17) is 10.5 Å². The van der Waals surface area contributed by atoms with Crippen molar-refractivity contribution >= 4 is 11.8 Å². The van der Waals surface area contributed by atoms with Gasteiger partial charge >= 0.3 is 0 Å². The van der Waals surface area contributed by atoms with E-state index in [0.717, 1.165) is 25.1 Å². The summed E-state index contributed by atoms with van der Waals surface area (Å²) in [5.74, 6) is 1.21. The molecule has 3 N–H and O–H groups in total. The average molecular weight is 244 g/mol. The van der Waals surface area contributed by atoms with Gasteiger partial charge in [-0.1, -0.05) is 19.1 Å². The molecule has 1 aliphatic heterocycles. The van der Waals surface area contributed by atoms with Gasteiger partial charge < -0.3 is 15.8 Å². The largest absolute Gasteiger partial charge is 0.376 e. The summed E-state index contributed by atoms with van der Waals surface area (Å²) in [7, 11) is 0. The zero-order valence-corrected chi connectivity index (χ0v) is 11.2. The third kappa shape index (κ3) is 3.77. The molecule has 1 fully saturated rings. The van der Waals surface area contributed by atoms with Crippen molar-refractivity contribution < 1.29 is 4.74 Å². The molecular weight excluding hydrogens is 220 g/mol. The molecule has 0 aromatic rings. The van der Waals surface area contributed by atoms with Crippen molar-refractivity contribution in [2.24, 2.45) is 5.73 Å². The number of rotatable bonds is 7. The van der Waals surface area contributed by atoms with Crippen LogP contribution < -0.4 is 11.1 Å². The second-order valence-electron chi connectivity index (χ2n) is 4.56. The number of nitrogens with two attached hydrogens (primary N) is 1. The van der Waals surface area contributed by atoms with Gasteiger partial charge in [-0.3, -0.25) is 0 Å². The van der Waals surface area contributed by atoms with Crippen LogP contribution in [0.2, 0.25) is 0 Å². The Morgan fingerprint density at radius 1 is 1.69 bits per heavy atom. The molecule has 94 valence electrons. The lowest BCUT2D eigenvalue weighted by atomic mass is 9.93. The monoisotopic (exact) mass is 244 g/mol. The quantitative estimate of drug-likeness (QED) is 0.525. The second-order valence-corrected chi connectivity index (χ2v) is 6.01. The lowest BCUT2D eigenvalue weighted by Gasteiger charge is -2.33. The Morgan fingerprint density at radius 2 is 2.44 bits per heavy atom. The molecule has 0 amide bonds. The molecule has 1 heterocycles. The highest BCUT2D eigenvalue weighted by Crippen LogP contribution is 2.34. The van der Waals surface area contributed by atoms with Crippen LogP contribution in [-0.4, -0.2) is 42.8 Å². The fraction of sp³-hybridized carbons (Fsp3) is 0.833. The smallest absolute Gasteiger partial charge is 0.0672 e. The van der Waals surface area contributed by atoms with E-state index < -0.39 is 0 Å². The van der Waals surface area contributed by atoms with Crippen LogP contribution in [0.4, 0.5) is 0 Å². The van der Waals surface area contributed by atoms with Gasteiger partial charge in [0, 0.05) is 23.9 Å². The molecule has 2 atom stereocenters. The van der Waals surface area contributed by atoms with E-state index in [2.05, 4.69) is 18.8 Å². The van der Waals surface area contributed by atoms with Crippen LogP contribution in [0.3, 0.4) is 0 Å². The average Bonchev–Trinajstić information content (AvgIpc) is 2.60. The molecule has 1 aliphatic rings. The van der Waals surface area contributed by atoms with Gasteiger partial charge in [-0.2, -0.15) is 11.8 Å². The fourth-order valence-electron chi connectivity index (χ4n) is 1.97. The van der Waals surface area contributed by atoms with Crippen molar-refractivity contribution in [3.8, 4) is 0 Å². The van der Waals surface area contributed by atoms with Crippen LogP contribution >= 0.6 is 11.8 Å². The molecule has 16 heavy (non-hydrogen) atoms. The lowest BCUT2D eigenvalue weighted by molar-refractivity contribution is 0.148. The van der Waals surface area contributed by atoms with Crippen LogP contribution in [0.25, 0.3) is 0 Å². The first-order valence-corrected chi connectivity index (χ1v) is 6.94. The van der Waals surface area contributed by atoms with Crippen LogP contribution in [0, 0.1) is 0 Å². The predicted molar refractivity (Wildman–Crippen MR) is 72.0 cm³/mol. The van der Waals surface area contributed by atoms with Gasteiger partial charge in [-0.05, 0) is 19.1 Å². The number of hydrogen-bond donors (Lipinski definition) is 2. The highest BCUT2D eigenvalue weighted by Gasteiger charge is 2.38. The predicted octanol–water partition coefficient (Wildman–Crippen LogP) is 1.39. The SMILES string of the molecule is C=C(C)COCCNC1(CN)CCSC1C. The molecule has 1 rings (SSSR count). The molecule has 3 nitrogen and oxygen atoms in total. The van der Waals surface area contributed by atoms with Crippen molar-refractivity contribution in [2.45, 2.75) is 31.1 Å². The van der Waals surface area contributed by atoms with Crippen LogP contribution in [0.15, 0.2) is 12.2 Å². The van der Waals surface area contributed by atoms with Crippen molar-refractivity contribution in [2.75, 3.05) is 32.1 Å². The molecule has 0 radical (unpaired) electrons. The molecule has 0 saturated carbocycles. The Labute approximate surface area is 103 Å². The van der Waals surface area contributed by atoms with E-state index >= 15 is 0 Å². The maximum atomic E-state index is 5.89. The molecule has 0 aromatic heterocycles. The molecule has 1 saturated heterocycles. The summed E-state index contributed by atoms with van der Waals surface area (Å²) in [6.45, 7) is 11.0. The lowest BCUT2D eigenvalue weighted by Crippen LogP contribution is -2.55. The summed E-state index contributed by atoms with van der Waals surface area (Å²) in [6, 6.07) is 0. The van der Waals surface area contributed by atoms with Crippen molar-refractivity contribution in [3.05, 3.63) is 12.2 Å². The Bertz CT molecular complexity index is 235. The zero-order valence-electron chi connectivity index (χ0n) is 10.4. The Kier molecular flexibility index (Phi) is 5.83. The number of nitrogens with one attached hydrogen (secondary N) is 1. The Balaban J connectivity index is 2.22. The first kappa shape index (κ1) is 14.0. The number of ether oxygens (including phenoxy) is 1. The summed E-state index contributed by atoms with van der Waals surface area (Å²) >= 11 is 2.00.